The Morgan fingerprint density at radius 1 is 0.647 bits per heavy atom. The zero-order chi connectivity index (χ0) is 10.5. The van der Waals surface area contributed by atoms with Crippen LogP contribution in [0.3, 0.4) is 0 Å². The Hall–Kier alpha value is -0.606. The molecule has 2 aromatic carbocycles. The first kappa shape index (κ1) is 25.3. The molecule has 0 aliphatic rings. The summed E-state index contributed by atoms with van der Waals surface area (Å²) in [5.74, 6) is 0. The van der Waals surface area contributed by atoms with E-state index < -0.39 is 0 Å². The number of hydrogen-bond donors (Lipinski definition) is 0. The summed E-state index contributed by atoms with van der Waals surface area (Å²) in [5, 5.41) is 0. The van der Waals surface area contributed by atoms with Crippen LogP contribution >= 0.6 is 22.3 Å². The molecular weight excluding hydrogens is 293 g/mol. The van der Waals surface area contributed by atoms with Crippen LogP contribution in [0.5, 0.6) is 0 Å². The summed E-state index contributed by atoms with van der Waals surface area (Å²) in [6, 6.07) is 25.0. The fourth-order valence-corrected chi connectivity index (χ4v) is 0.684. The van der Waals surface area contributed by atoms with Gasteiger partial charge in [0.05, 0.1) is 0 Å². The van der Waals surface area contributed by atoms with Crippen molar-refractivity contribution < 1.29 is 16.5 Å². The van der Waals surface area contributed by atoms with Gasteiger partial charge in [-0.15, -0.1) is 12.4 Å². The van der Waals surface area contributed by atoms with Crippen LogP contribution in [0.15, 0.2) is 67.2 Å². The van der Waals surface area contributed by atoms with Crippen molar-refractivity contribution in [2.75, 3.05) is 0 Å². The van der Waals surface area contributed by atoms with Crippen LogP contribution in [0.25, 0.3) is 0 Å². The smallest absolute Gasteiger partial charge is 0.521 e. The molecule has 3 heteroatoms. The van der Waals surface area contributed by atoms with Gasteiger partial charge in [-0.25, -0.2) is 0 Å². The van der Waals surface area contributed by atoms with Gasteiger partial charge in [0, 0.05) is 0 Å². The van der Waals surface area contributed by atoms with Crippen LogP contribution in [0.4, 0.5) is 0 Å². The molecule has 0 nitrogen and oxygen atoms in total. The second kappa shape index (κ2) is 24.6. The minimum Gasteiger partial charge on any atom is -0.521 e. The number of hydrogen-bond acceptors (Lipinski definition) is 0. The van der Waals surface area contributed by atoms with E-state index in [-0.39, 0.29) is 38.8 Å². The molecule has 0 saturated heterocycles. The molecule has 1 radical (unpaired) electrons. The van der Waals surface area contributed by atoms with Crippen LogP contribution in [0.1, 0.15) is 0 Å². The maximum Gasteiger partial charge on any atom is 3.00 e. The Kier molecular flexibility index (Phi) is 36.5. The summed E-state index contributed by atoms with van der Waals surface area (Å²) in [4.78, 5) is 0. The second-order valence-corrected chi connectivity index (χ2v) is 2.15. The van der Waals surface area contributed by atoms with Crippen molar-refractivity contribution >= 4 is 22.3 Å². The molecule has 0 heterocycles. The van der Waals surface area contributed by atoms with Gasteiger partial charge in [-0.3, -0.25) is 6.58 Å². The number of benzene rings is 2. The summed E-state index contributed by atoms with van der Waals surface area (Å²) in [5.41, 5.74) is 0. The van der Waals surface area contributed by atoms with Crippen LogP contribution in [-0.2, 0) is 16.5 Å². The minimum atomic E-state index is 0. The van der Waals surface area contributed by atoms with Crippen LogP contribution in [0, 0.1) is 18.7 Å². The van der Waals surface area contributed by atoms with E-state index in [1.54, 1.807) is 0 Å². The molecule has 2 aromatic rings. The molecule has 2 rings (SSSR count). The van der Waals surface area contributed by atoms with Crippen LogP contribution < -0.4 is 0 Å². The van der Waals surface area contributed by atoms with Crippen molar-refractivity contribution in [3.8, 4) is 0 Å². The molecule has 0 spiro atoms. The fourth-order valence-electron chi connectivity index (χ4n) is 0.684. The van der Waals surface area contributed by atoms with Gasteiger partial charge in [0.15, 0.2) is 0 Å². The van der Waals surface area contributed by atoms with Gasteiger partial charge >= 0.3 is 16.5 Å². The van der Waals surface area contributed by atoms with Crippen LogP contribution in [0.2, 0.25) is 0 Å². The predicted octanol–water partition coefficient (Wildman–Crippen LogP) is 4.06. The van der Waals surface area contributed by atoms with Crippen molar-refractivity contribution in [3.63, 3.8) is 0 Å². The summed E-state index contributed by atoms with van der Waals surface area (Å²) in [6.07, 6.45) is 0. The molecular formula is C14H17ClNiP. The molecule has 0 N–H and O–H groups in total. The van der Waals surface area contributed by atoms with Gasteiger partial charge in [0.1, 0.15) is 0 Å². The molecule has 0 aromatic heterocycles. The molecule has 0 aliphatic heterocycles. The van der Waals surface area contributed by atoms with Crippen molar-refractivity contribution in [1.29, 1.82) is 0 Å². The average molecular weight is 310 g/mol. The monoisotopic (exact) mass is 309 g/mol. The molecule has 95 valence electrons. The fraction of sp³-hybridized carbons (Fsp3) is 0. The third-order valence-corrected chi connectivity index (χ3v) is 1.21. The van der Waals surface area contributed by atoms with E-state index in [1.807, 2.05) is 60.7 Å². The van der Waals surface area contributed by atoms with Crippen molar-refractivity contribution in [3.05, 3.63) is 86.0 Å². The summed E-state index contributed by atoms with van der Waals surface area (Å²) in [7, 11) is 0. The maximum atomic E-state index is 4.25. The Bertz CT molecular complexity index is 204. The quantitative estimate of drug-likeness (QED) is 0.391. The molecule has 0 saturated carbocycles. The third-order valence-electron chi connectivity index (χ3n) is 1.21. The van der Waals surface area contributed by atoms with Gasteiger partial charge in [0.25, 0.3) is 0 Å². The maximum absolute atomic E-state index is 4.25. The molecule has 1 atom stereocenters. The number of rotatable bonds is 0. The van der Waals surface area contributed by atoms with Gasteiger partial charge < -0.3 is 6.58 Å². The molecule has 0 amide bonds. The predicted molar refractivity (Wildman–Crippen MR) is 78.8 cm³/mol. The van der Waals surface area contributed by atoms with E-state index in [0.717, 1.165) is 0 Å². The molecule has 17 heavy (non-hydrogen) atoms. The third kappa shape index (κ3) is 21.3. The molecule has 1 unspecified atom stereocenters. The zero-order valence-electron chi connectivity index (χ0n) is 9.49. The Morgan fingerprint density at radius 3 is 0.941 bits per heavy atom. The SMILES string of the molecule is Cl.P.[CH-]=C.[Ni+3].[c-]1ccccc1.[c-]1ccccc1. The first-order valence-electron chi connectivity index (χ1n) is 4.23. The van der Waals surface area contributed by atoms with Crippen molar-refractivity contribution in [1.82, 2.24) is 0 Å². The minimum absolute atomic E-state index is 0. The Balaban J connectivity index is -0.0000000752. The van der Waals surface area contributed by atoms with E-state index in [9.17, 15) is 0 Å². The average Bonchev–Trinajstić information content (AvgIpc) is 2.37. The molecule has 0 aliphatic carbocycles. The molecule has 0 fully saturated rings. The van der Waals surface area contributed by atoms with Crippen molar-refractivity contribution in [2.24, 2.45) is 0 Å². The van der Waals surface area contributed by atoms with E-state index in [2.05, 4.69) is 25.3 Å². The molecule has 0 bridgehead atoms. The van der Waals surface area contributed by atoms with E-state index in [1.165, 1.54) is 0 Å². The first-order valence-corrected chi connectivity index (χ1v) is 4.23. The van der Waals surface area contributed by atoms with Gasteiger partial charge in [0.2, 0.25) is 0 Å². The topological polar surface area (TPSA) is 0 Å². The first-order chi connectivity index (χ1) is 7.00. The standard InChI is InChI=1S/2C6H5.C2H3.ClH.Ni.H3P/c2*1-2-4-6-5-3-1;1-2;;;/h2*1-5H;1H,2H2;1H;;1H3/q3*-1;;+3;. The van der Waals surface area contributed by atoms with E-state index in [4.69, 9.17) is 0 Å². The van der Waals surface area contributed by atoms with Gasteiger partial charge in [-0.05, 0) is 0 Å². The summed E-state index contributed by atoms with van der Waals surface area (Å²) >= 11 is 0. The van der Waals surface area contributed by atoms with E-state index >= 15 is 0 Å². The Labute approximate surface area is 124 Å². The summed E-state index contributed by atoms with van der Waals surface area (Å²) in [6.45, 7) is 7.00. The van der Waals surface area contributed by atoms with E-state index in [0.29, 0.717) is 0 Å². The number of halogens is 1. The zero-order valence-corrected chi connectivity index (χ0v) is 12.7. The summed E-state index contributed by atoms with van der Waals surface area (Å²) < 4.78 is 0. The van der Waals surface area contributed by atoms with Gasteiger partial charge in [-0.2, -0.15) is 82.7 Å². The van der Waals surface area contributed by atoms with Crippen molar-refractivity contribution in [2.45, 2.75) is 0 Å². The Morgan fingerprint density at radius 2 is 0.882 bits per heavy atom. The van der Waals surface area contributed by atoms with Gasteiger partial charge in [-0.1, -0.05) is 0 Å². The largest absolute Gasteiger partial charge is 3.00 e. The second-order valence-electron chi connectivity index (χ2n) is 2.15. The van der Waals surface area contributed by atoms with Crippen LogP contribution in [-0.4, -0.2) is 0 Å². The normalized spacial score (nSPS) is 5.88.